The molecular formula is C52H31N5O2. The van der Waals surface area contributed by atoms with Gasteiger partial charge in [-0.05, 0) is 65.7 Å². The third-order valence-electron chi connectivity index (χ3n) is 11.1. The Labute approximate surface area is 337 Å². The molecule has 0 aliphatic carbocycles. The Balaban J connectivity index is 0.956. The smallest absolute Gasteiger partial charge is 0.164 e. The molecule has 59 heavy (non-hydrogen) atoms. The number of para-hydroxylation sites is 1. The minimum absolute atomic E-state index is 0.584. The lowest BCUT2D eigenvalue weighted by molar-refractivity contribution is 0.668. The van der Waals surface area contributed by atoms with Gasteiger partial charge in [-0.2, -0.15) is 0 Å². The van der Waals surface area contributed by atoms with Crippen LogP contribution in [0.1, 0.15) is 0 Å². The number of pyridine rings is 1. The Morgan fingerprint density at radius 3 is 1.78 bits per heavy atom. The zero-order valence-corrected chi connectivity index (χ0v) is 31.5. The highest BCUT2D eigenvalue weighted by Gasteiger charge is 2.21. The molecule has 0 amide bonds. The summed E-state index contributed by atoms with van der Waals surface area (Å²) in [6.07, 6.45) is 2.08. The molecule has 0 radical (unpaired) electrons. The Morgan fingerprint density at radius 2 is 0.966 bits per heavy atom. The first-order valence-corrected chi connectivity index (χ1v) is 19.5. The lowest BCUT2D eigenvalue weighted by atomic mass is 9.96. The van der Waals surface area contributed by atoms with Crippen LogP contribution in [0.2, 0.25) is 0 Å². The van der Waals surface area contributed by atoms with Crippen molar-refractivity contribution in [1.82, 2.24) is 24.3 Å². The number of nitrogens with zero attached hydrogens (tertiary/aromatic N) is 5. The van der Waals surface area contributed by atoms with E-state index < -0.39 is 0 Å². The monoisotopic (exact) mass is 757 g/mol. The molecule has 12 rings (SSSR count). The van der Waals surface area contributed by atoms with E-state index in [1.807, 2.05) is 97.1 Å². The Hall–Kier alpha value is -8.16. The van der Waals surface area contributed by atoms with E-state index in [0.29, 0.717) is 17.5 Å². The van der Waals surface area contributed by atoms with Crippen LogP contribution < -0.4 is 0 Å². The van der Waals surface area contributed by atoms with Crippen molar-refractivity contribution in [3.63, 3.8) is 0 Å². The van der Waals surface area contributed by atoms with E-state index in [-0.39, 0.29) is 0 Å². The van der Waals surface area contributed by atoms with Gasteiger partial charge in [0, 0.05) is 55.6 Å². The van der Waals surface area contributed by atoms with Gasteiger partial charge in [-0.15, -0.1) is 0 Å². The standard InChI is InChI=1S/C52H31N5O2/c1-3-13-32(14-4-1)50-54-51(33-15-5-2-6-16-33)56-52(55-50)37-24-26-38-41-30-35(25-27-43(41)59-45(38)31-37)34-17-11-18-36(29-34)48-49(57-28-10-9-23-46(57)53-48)40-20-12-22-44-47(40)39-19-7-8-21-42(39)58-44/h1-31H. The second-order valence-corrected chi connectivity index (χ2v) is 14.7. The first kappa shape index (κ1) is 33.0. The topological polar surface area (TPSA) is 82.2 Å². The summed E-state index contributed by atoms with van der Waals surface area (Å²) in [5.41, 5.74) is 13.1. The van der Waals surface area contributed by atoms with Gasteiger partial charge in [-0.25, -0.2) is 19.9 Å². The van der Waals surface area contributed by atoms with Crippen LogP contribution in [0.3, 0.4) is 0 Å². The SMILES string of the molecule is c1ccc(-c2nc(-c3ccccc3)nc(-c3ccc4c(c3)oc3ccc(-c5cccc(-c6nc7ccccn7c6-c6cccc7oc8ccccc8c67)c5)cc34)n2)cc1. The van der Waals surface area contributed by atoms with Gasteiger partial charge in [0.15, 0.2) is 17.5 Å². The van der Waals surface area contributed by atoms with E-state index in [1.165, 1.54) is 0 Å². The van der Waals surface area contributed by atoms with Crippen molar-refractivity contribution in [2.24, 2.45) is 0 Å². The van der Waals surface area contributed by atoms with E-state index in [1.54, 1.807) is 0 Å². The van der Waals surface area contributed by atoms with Gasteiger partial charge in [-0.1, -0.05) is 127 Å². The lowest BCUT2D eigenvalue weighted by Gasteiger charge is -2.09. The fourth-order valence-corrected chi connectivity index (χ4v) is 8.31. The van der Waals surface area contributed by atoms with Gasteiger partial charge in [-0.3, -0.25) is 4.40 Å². The molecule has 0 spiro atoms. The first-order chi connectivity index (χ1) is 29.2. The van der Waals surface area contributed by atoms with Crippen molar-refractivity contribution in [3.05, 3.63) is 188 Å². The van der Waals surface area contributed by atoms with Gasteiger partial charge in [0.2, 0.25) is 0 Å². The van der Waals surface area contributed by atoms with E-state index >= 15 is 0 Å². The van der Waals surface area contributed by atoms with Crippen LogP contribution >= 0.6 is 0 Å². The highest BCUT2D eigenvalue weighted by atomic mass is 16.3. The number of imidazole rings is 1. The van der Waals surface area contributed by atoms with Gasteiger partial charge in [0.1, 0.15) is 28.0 Å². The summed E-state index contributed by atoms with van der Waals surface area (Å²) in [6, 6.07) is 61.9. The second kappa shape index (κ2) is 13.2. The molecule has 0 fully saturated rings. The highest BCUT2D eigenvalue weighted by Crippen LogP contribution is 2.42. The van der Waals surface area contributed by atoms with Gasteiger partial charge in [0.25, 0.3) is 0 Å². The highest BCUT2D eigenvalue weighted by molar-refractivity contribution is 6.13. The summed E-state index contributed by atoms with van der Waals surface area (Å²) < 4.78 is 15.0. The molecular weight excluding hydrogens is 727 g/mol. The summed E-state index contributed by atoms with van der Waals surface area (Å²) in [4.78, 5) is 20.0. The first-order valence-electron chi connectivity index (χ1n) is 19.5. The van der Waals surface area contributed by atoms with Crippen LogP contribution in [0.15, 0.2) is 197 Å². The van der Waals surface area contributed by atoms with Crippen LogP contribution in [0.4, 0.5) is 0 Å². The molecule has 5 aromatic heterocycles. The number of rotatable bonds is 6. The largest absolute Gasteiger partial charge is 0.456 e. The summed E-state index contributed by atoms with van der Waals surface area (Å²) >= 11 is 0. The molecule has 7 heteroatoms. The minimum Gasteiger partial charge on any atom is -0.456 e. The molecule has 0 N–H and O–H groups in total. The van der Waals surface area contributed by atoms with Crippen LogP contribution in [0, 0.1) is 0 Å². The Bertz CT molecular complexity index is 3510. The zero-order valence-electron chi connectivity index (χ0n) is 31.5. The number of benzene rings is 7. The number of hydrogen-bond acceptors (Lipinski definition) is 6. The third-order valence-corrected chi connectivity index (χ3v) is 11.1. The second-order valence-electron chi connectivity index (χ2n) is 14.7. The summed E-state index contributed by atoms with van der Waals surface area (Å²) in [7, 11) is 0. The Morgan fingerprint density at radius 1 is 0.356 bits per heavy atom. The van der Waals surface area contributed by atoms with Crippen LogP contribution in [-0.4, -0.2) is 24.3 Å². The van der Waals surface area contributed by atoms with E-state index in [2.05, 4.69) is 95.5 Å². The van der Waals surface area contributed by atoms with Crippen molar-refractivity contribution >= 4 is 49.5 Å². The van der Waals surface area contributed by atoms with Crippen molar-refractivity contribution in [3.8, 4) is 67.8 Å². The maximum atomic E-state index is 6.49. The predicted molar refractivity (Wildman–Crippen MR) is 236 cm³/mol. The average molecular weight is 758 g/mol. The van der Waals surface area contributed by atoms with Crippen LogP contribution in [-0.2, 0) is 0 Å². The summed E-state index contributed by atoms with van der Waals surface area (Å²) in [5.74, 6) is 1.82. The molecule has 0 aliphatic rings. The molecule has 276 valence electrons. The average Bonchev–Trinajstić information content (AvgIpc) is 4.00. The molecule has 0 aliphatic heterocycles. The molecule has 0 atom stereocenters. The molecule has 12 aromatic rings. The predicted octanol–water partition coefficient (Wildman–Crippen LogP) is 13.3. The van der Waals surface area contributed by atoms with Gasteiger partial charge >= 0.3 is 0 Å². The van der Waals surface area contributed by atoms with Crippen LogP contribution in [0.25, 0.3) is 117 Å². The fourth-order valence-electron chi connectivity index (χ4n) is 8.31. The molecule has 0 unspecified atom stereocenters. The van der Waals surface area contributed by atoms with Crippen molar-refractivity contribution in [2.75, 3.05) is 0 Å². The normalized spacial score (nSPS) is 11.7. The van der Waals surface area contributed by atoms with Crippen molar-refractivity contribution in [2.45, 2.75) is 0 Å². The molecule has 5 heterocycles. The van der Waals surface area contributed by atoms with Crippen molar-refractivity contribution in [1.29, 1.82) is 0 Å². The number of fused-ring (bicyclic) bond motifs is 7. The third kappa shape index (κ3) is 5.51. The number of furan rings is 2. The minimum atomic E-state index is 0.584. The van der Waals surface area contributed by atoms with Crippen LogP contribution in [0.5, 0.6) is 0 Å². The van der Waals surface area contributed by atoms with E-state index in [4.69, 9.17) is 28.8 Å². The zero-order chi connectivity index (χ0) is 38.9. The summed E-state index contributed by atoms with van der Waals surface area (Å²) in [5, 5.41) is 4.21. The summed E-state index contributed by atoms with van der Waals surface area (Å²) in [6.45, 7) is 0. The molecule has 0 saturated heterocycles. The van der Waals surface area contributed by atoms with Gasteiger partial charge in [0.05, 0.1) is 11.4 Å². The molecule has 0 saturated carbocycles. The maximum Gasteiger partial charge on any atom is 0.164 e. The van der Waals surface area contributed by atoms with Gasteiger partial charge < -0.3 is 8.83 Å². The molecule has 7 aromatic carbocycles. The maximum absolute atomic E-state index is 6.49. The number of aromatic nitrogens is 5. The quantitative estimate of drug-likeness (QED) is 0.168. The Kier molecular flexibility index (Phi) is 7.40. The van der Waals surface area contributed by atoms with E-state index in [9.17, 15) is 0 Å². The lowest BCUT2D eigenvalue weighted by Crippen LogP contribution is -2.00. The number of hydrogen-bond donors (Lipinski definition) is 0. The molecule has 7 nitrogen and oxygen atoms in total. The fraction of sp³-hybridized carbons (Fsp3) is 0. The van der Waals surface area contributed by atoms with E-state index in [0.717, 1.165) is 99.9 Å². The van der Waals surface area contributed by atoms with Crippen molar-refractivity contribution < 1.29 is 8.83 Å². The molecule has 0 bridgehead atoms.